The molecule has 2 aromatic heterocycles. The minimum Gasteiger partial charge on any atom is -0.497 e. The van der Waals surface area contributed by atoms with E-state index in [-0.39, 0.29) is 10.1 Å². The maximum absolute atomic E-state index is 13.9. The van der Waals surface area contributed by atoms with Gasteiger partial charge in [0.1, 0.15) is 16.0 Å². The lowest BCUT2D eigenvalue weighted by molar-refractivity contribution is -0.121. The minimum atomic E-state index is -3.74. The van der Waals surface area contributed by atoms with E-state index in [0.29, 0.717) is 36.8 Å². The molecular formula is C24H23N3O4S3. The average molecular weight is 514 g/mol. The zero-order chi connectivity index (χ0) is 23.7. The molecule has 1 saturated heterocycles. The van der Waals surface area contributed by atoms with E-state index in [0.717, 1.165) is 15.8 Å². The van der Waals surface area contributed by atoms with E-state index in [1.807, 2.05) is 48.5 Å². The van der Waals surface area contributed by atoms with Crippen molar-refractivity contribution in [2.24, 2.45) is 0 Å². The smallest absolute Gasteiger partial charge is 0.253 e. The highest BCUT2D eigenvalue weighted by Crippen LogP contribution is 2.35. The predicted octanol–water partition coefficient (Wildman–Crippen LogP) is 4.75. The average Bonchev–Trinajstić information content (AvgIpc) is 3.62. The molecule has 3 heterocycles. The Balaban J connectivity index is 1.53. The number of aromatic nitrogens is 1. The van der Waals surface area contributed by atoms with Gasteiger partial charge in [-0.05, 0) is 42.0 Å². The topological polar surface area (TPSA) is 79.8 Å². The van der Waals surface area contributed by atoms with Gasteiger partial charge in [-0.25, -0.2) is 13.4 Å². The summed E-state index contributed by atoms with van der Waals surface area (Å²) >= 11 is 2.58. The van der Waals surface area contributed by atoms with Crippen LogP contribution >= 0.6 is 22.7 Å². The number of nitrogens with zero attached hydrogens (tertiary/aromatic N) is 3. The van der Waals surface area contributed by atoms with Crippen LogP contribution in [0.5, 0.6) is 5.75 Å². The van der Waals surface area contributed by atoms with Crippen molar-refractivity contribution in [2.45, 2.75) is 29.6 Å². The maximum atomic E-state index is 13.9. The third-order valence-electron chi connectivity index (χ3n) is 5.81. The molecule has 1 aliphatic heterocycles. The van der Waals surface area contributed by atoms with E-state index in [4.69, 9.17) is 9.72 Å². The Morgan fingerprint density at radius 3 is 2.74 bits per heavy atom. The Kier molecular flexibility index (Phi) is 6.39. The first-order valence-corrected chi connectivity index (χ1v) is 14.0. The van der Waals surface area contributed by atoms with Crippen molar-refractivity contribution in [1.82, 2.24) is 9.29 Å². The van der Waals surface area contributed by atoms with E-state index >= 15 is 0 Å². The lowest BCUT2D eigenvalue weighted by atomic mass is 10.1. The second-order valence-corrected chi connectivity index (χ2v) is 12.0. The Labute approximate surface area is 206 Å². The number of benzene rings is 2. The van der Waals surface area contributed by atoms with Gasteiger partial charge in [0.05, 0.1) is 23.9 Å². The number of hydrogen-bond acceptors (Lipinski definition) is 7. The van der Waals surface area contributed by atoms with Crippen LogP contribution < -0.4 is 9.64 Å². The summed E-state index contributed by atoms with van der Waals surface area (Å²) in [4.78, 5) is 20.3. The van der Waals surface area contributed by atoms with Crippen LogP contribution in [0.1, 0.15) is 18.4 Å². The van der Waals surface area contributed by atoms with Crippen molar-refractivity contribution in [2.75, 3.05) is 18.6 Å². The first-order valence-electron chi connectivity index (χ1n) is 10.8. The predicted molar refractivity (Wildman–Crippen MR) is 135 cm³/mol. The number of carbonyl (C=O) groups excluding carboxylic acids is 1. The second-order valence-electron chi connectivity index (χ2n) is 7.95. The number of amides is 1. The molecule has 0 N–H and O–H groups in total. The summed E-state index contributed by atoms with van der Waals surface area (Å²) in [6.45, 7) is 0.632. The zero-order valence-corrected chi connectivity index (χ0v) is 20.9. The minimum absolute atomic E-state index is 0.257. The summed E-state index contributed by atoms with van der Waals surface area (Å²) in [5, 5.41) is 2.27. The Hall–Kier alpha value is -2.79. The summed E-state index contributed by atoms with van der Waals surface area (Å²) < 4.78 is 34.4. The molecular weight excluding hydrogens is 490 g/mol. The molecule has 34 heavy (non-hydrogen) atoms. The van der Waals surface area contributed by atoms with Crippen molar-refractivity contribution in [3.8, 4) is 5.75 Å². The fourth-order valence-corrected chi connectivity index (χ4v) is 7.84. The molecule has 0 bridgehead atoms. The molecule has 1 fully saturated rings. The monoisotopic (exact) mass is 513 g/mol. The molecule has 1 unspecified atom stereocenters. The van der Waals surface area contributed by atoms with E-state index in [1.165, 1.54) is 27.0 Å². The summed E-state index contributed by atoms with van der Waals surface area (Å²) in [5.74, 6) is 0.432. The standard InChI is InChI=1S/C24H23N3O4S3/c1-31-18-11-12-21-19(15-18)25-24(33-21)26(16-17-7-3-2-4-8-17)23(28)20-9-5-13-27(20)34(29,30)22-10-6-14-32-22/h2-4,6-8,10-12,14-15,20H,5,9,13,16H2,1H3. The largest absolute Gasteiger partial charge is 0.497 e. The molecule has 4 aromatic rings. The van der Waals surface area contributed by atoms with Crippen molar-refractivity contribution >= 4 is 54.0 Å². The molecule has 7 nitrogen and oxygen atoms in total. The molecule has 0 aliphatic carbocycles. The van der Waals surface area contributed by atoms with Crippen molar-refractivity contribution in [1.29, 1.82) is 0 Å². The van der Waals surface area contributed by atoms with Crippen LogP contribution in [0.15, 0.2) is 70.3 Å². The van der Waals surface area contributed by atoms with E-state index in [9.17, 15) is 13.2 Å². The van der Waals surface area contributed by atoms with Crippen LogP contribution in [-0.2, 0) is 21.4 Å². The number of sulfonamides is 1. The molecule has 1 amide bonds. The normalized spacial score (nSPS) is 16.7. The number of methoxy groups -OCH3 is 1. The highest BCUT2D eigenvalue weighted by atomic mass is 32.2. The van der Waals surface area contributed by atoms with Gasteiger partial charge >= 0.3 is 0 Å². The lowest BCUT2D eigenvalue weighted by Gasteiger charge is -2.28. The fraction of sp³-hybridized carbons (Fsp3) is 0.250. The number of thiophene rings is 1. The highest BCUT2D eigenvalue weighted by Gasteiger charge is 2.42. The molecule has 0 saturated carbocycles. The van der Waals surface area contributed by atoms with E-state index < -0.39 is 16.1 Å². The Morgan fingerprint density at radius 1 is 1.18 bits per heavy atom. The third kappa shape index (κ3) is 4.34. The lowest BCUT2D eigenvalue weighted by Crippen LogP contribution is -2.47. The number of hydrogen-bond donors (Lipinski definition) is 0. The number of ether oxygens (including phenoxy) is 1. The van der Waals surface area contributed by atoms with Gasteiger partial charge in [0.15, 0.2) is 5.13 Å². The number of fused-ring (bicyclic) bond motifs is 1. The van der Waals surface area contributed by atoms with Crippen LogP contribution in [0.25, 0.3) is 10.2 Å². The van der Waals surface area contributed by atoms with Gasteiger partial charge in [-0.15, -0.1) is 11.3 Å². The van der Waals surface area contributed by atoms with Crippen molar-refractivity contribution in [3.05, 3.63) is 71.6 Å². The molecule has 0 spiro atoms. The van der Waals surface area contributed by atoms with Crippen LogP contribution in [0.4, 0.5) is 5.13 Å². The summed E-state index contributed by atoms with van der Waals surface area (Å²) in [6, 6.07) is 17.8. The molecule has 1 atom stereocenters. The van der Waals surface area contributed by atoms with Crippen molar-refractivity contribution < 1.29 is 17.9 Å². The van der Waals surface area contributed by atoms with Gasteiger partial charge in [-0.1, -0.05) is 47.7 Å². The maximum Gasteiger partial charge on any atom is 0.253 e. The summed E-state index contributed by atoms with van der Waals surface area (Å²) in [5.41, 5.74) is 1.68. The van der Waals surface area contributed by atoms with Gasteiger partial charge in [-0.2, -0.15) is 4.31 Å². The first kappa shape index (κ1) is 23.0. The van der Waals surface area contributed by atoms with Gasteiger partial charge in [0.25, 0.3) is 10.0 Å². The Bertz CT molecular complexity index is 1400. The Morgan fingerprint density at radius 2 is 2.00 bits per heavy atom. The SMILES string of the molecule is COc1ccc2sc(N(Cc3ccccc3)C(=O)C3CCCN3S(=O)(=O)c3cccs3)nc2c1. The quantitative estimate of drug-likeness (QED) is 0.356. The fourth-order valence-electron chi connectivity index (χ4n) is 4.12. The van der Waals surface area contributed by atoms with Crippen LogP contribution in [0.3, 0.4) is 0 Å². The van der Waals surface area contributed by atoms with Gasteiger partial charge in [-0.3, -0.25) is 9.69 Å². The van der Waals surface area contributed by atoms with Gasteiger partial charge in [0, 0.05) is 12.6 Å². The van der Waals surface area contributed by atoms with Crippen LogP contribution in [0, 0.1) is 0 Å². The summed E-state index contributed by atoms with van der Waals surface area (Å²) in [7, 11) is -2.14. The highest BCUT2D eigenvalue weighted by molar-refractivity contribution is 7.91. The number of thiazole rings is 1. The van der Waals surface area contributed by atoms with E-state index in [1.54, 1.807) is 29.5 Å². The van der Waals surface area contributed by atoms with Crippen LogP contribution in [0.2, 0.25) is 0 Å². The van der Waals surface area contributed by atoms with E-state index in [2.05, 4.69) is 0 Å². The molecule has 1 aliphatic rings. The molecule has 5 rings (SSSR count). The zero-order valence-electron chi connectivity index (χ0n) is 18.5. The number of anilines is 1. The van der Waals surface area contributed by atoms with Gasteiger partial charge in [0.2, 0.25) is 5.91 Å². The number of rotatable bonds is 7. The van der Waals surface area contributed by atoms with Gasteiger partial charge < -0.3 is 4.74 Å². The van der Waals surface area contributed by atoms with Crippen molar-refractivity contribution in [3.63, 3.8) is 0 Å². The van der Waals surface area contributed by atoms with Crippen LogP contribution in [-0.4, -0.2) is 43.3 Å². The second kappa shape index (κ2) is 9.46. The third-order valence-corrected chi connectivity index (χ3v) is 10.2. The molecule has 10 heteroatoms. The number of carbonyl (C=O) groups is 1. The first-order chi connectivity index (χ1) is 16.5. The molecule has 0 radical (unpaired) electrons. The summed E-state index contributed by atoms with van der Waals surface area (Å²) in [6.07, 6.45) is 1.12. The molecule has 176 valence electrons. The molecule has 2 aromatic carbocycles.